The van der Waals surface area contributed by atoms with E-state index in [4.69, 9.17) is 25.8 Å². The van der Waals surface area contributed by atoms with Crippen LogP contribution in [0.2, 0.25) is 5.02 Å². The van der Waals surface area contributed by atoms with E-state index in [1.165, 1.54) is 41.0 Å². The van der Waals surface area contributed by atoms with Gasteiger partial charge in [0.25, 0.3) is 6.10 Å². The van der Waals surface area contributed by atoms with Crippen LogP contribution in [0.3, 0.4) is 0 Å². The minimum Gasteiger partial charge on any atom is -0.467 e. The molecule has 154 valence electrons. The van der Waals surface area contributed by atoms with E-state index in [1.807, 2.05) is 6.07 Å². The van der Waals surface area contributed by atoms with Crippen molar-refractivity contribution in [2.45, 2.75) is 32.5 Å². The number of hydrogen-bond donors (Lipinski definition) is 0. The van der Waals surface area contributed by atoms with Crippen LogP contribution in [0.15, 0.2) is 17.5 Å². The molecule has 0 aromatic carbocycles. The first-order chi connectivity index (χ1) is 13.5. The molecule has 0 fully saturated rings. The highest BCUT2D eigenvalue weighted by Gasteiger charge is 2.35. The average molecular weight is 567 g/mol. The topological polar surface area (TPSA) is 78.9 Å². The van der Waals surface area contributed by atoms with Gasteiger partial charge in [0.15, 0.2) is 10.6 Å². The predicted molar refractivity (Wildman–Crippen MR) is 122 cm³/mol. The van der Waals surface area contributed by atoms with E-state index in [0.717, 1.165) is 26.5 Å². The monoisotopic (exact) mass is 566 g/mol. The highest BCUT2D eigenvalue weighted by Crippen LogP contribution is 2.49. The van der Waals surface area contributed by atoms with E-state index in [2.05, 4.69) is 0 Å². The number of methoxy groups -OCH3 is 1. The average Bonchev–Trinajstić information content (AvgIpc) is 3.12. The van der Waals surface area contributed by atoms with Gasteiger partial charge in [0.2, 0.25) is 3.79 Å². The third-order valence-electron chi connectivity index (χ3n) is 3.68. The van der Waals surface area contributed by atoms with Crippen molar-refractivity contribution in [1.82, 2.24) is 0 Å². The van der Waals surface area contributed by atoms with Crippen LogP contribution in [0.25, 0.3) is 20.5 Å². The standard InChI is InChI=1S/C19H16ClIO6S2/c1-19(2,3)27-17(23)13(16(21)22)26-12-11-10(29-15(12)18(24)25-4)6-8-5-9(20)7-28-14(8)11/h5-7,13H,1-4H3. The molecule has 1 aromatic rings. The zero-order chi connectivity index (χ0) is 21.5. The van der Waals surface area contributed by atoms with E-state index in [9.17, 15) is 14.4 Å². The lowest BCUT2D eigenvalue weighted by atomic mass is 10.2. The number of thiophene rings is 1. The van der Waals surface area contributed by atoms with Crippen LogP contribution in [0.5, 0.6) is 5.75 Å². The maximum Gasteiger partial charge on any atom is 0.356 e. The molecule has 0 saturated carbocycles. The number of esters is 2. The molecule has 6 nitrogen and oxygen atoms in total. The second-order valence-corrected chi connectivity index (χ2v) is 10.5. The Labute approximate surface area is 193 Å². The molecular formula is C19H16ClIO6S2. The summed E-state index contributed by atoms with van der Waals surface area (Å²) in [6, 6.07) is 3.68. The van der Waals surface area contributed by atoms with Gasteiger partial charge in [0.05, 0.1) is 17.5 Å². The number of rotatable bonds is 5. The van der Waals surface area contributed by atoms with Crippen LogP contribution in [-0.2, 0) is 19.1 Å². The fourth-order valence-corrected chi connectivity index (χ4v) is 5.31. The van der Waals surface area contributed by atoms with Crippen LogP contribution >= 0.6 is 56.9 Å². The summed E-state index contributed by atoms with van der Waals surface area (Å²) in [4.78, 5) is 38.1. The summed E-state index contributed by atoms with van der Waals surface area (Å²) in [5.41, 5.74) is 0.0748. The van der Waals surface area contributed by atoms with Gasteiger partial charge < -0.3 is 14.2 Å². The van der Waals surface area contributed by atoms with Crippen LogP contribution in [-0.4, -0.2) is 34.5 Å². The molecule has 0 N–H and O–H groups in total. The summed E-state index contributed by atoms with van der Waals surface area (Å²) < 4.78 is 16.2. The Hall–Kier alpha value is -1.43. The van der Waals surface area contributed by atoms with Gasteiger partial charge in [0, 0.05) is 37.5 Å². The molecule has 2 heterocycles. The minimum absolute atomic E-state index is 0.131. The zero-order valence-electron chi connectivity index (χ0n) is 15.8. The fraction of sp³-hybridized carbons (Fsp3) is 0.316. The fourth-order valence-electron chi connectivity index (χ4n) is 2.63. The lowest BCUT2D eigenvalue weighted by Crippen LogP contribution is -2.39. The number of fused-ring (bicyclic) bond motifs is 3. The maximum absolute atomic E-state index is 12.6. The Morgan fingerprint density at radius 1 is 1.21 bits per heavy atom. The van der Waals surface area contributed by atoms with Gasteiger partial charge in [-0.3, -0.25) is 4.79 Å². The number of ether oxygens (including phenoxy) is 3. The predicted octanol–water partition coefficient (Wildman–Crippen LogP) is 5.56. The first-order valence-electron chi connectivity index (χ1n) is 8.32. The Morgan fingerprint density at radius 2 is 1.90 bits per heavy atom. The third-order valence-corrected chi connectivity index (χ3v) is 6.74. The first kappa shape index (κ1) is 22.3. The van der Waals surface area contributed by atoms with Gasteiger partial charge in [-0.2, -0.15) is 0 Å². The summed E-state index contributed by atoms with van der Waals surface area (Å²) >= 11 is 10.1. The van der Waals surface area contributed by atoms with Gasteiger partial charge in [0.1, 0.15) is 5.60 Å². The molecule has 1 aliphatic heterocycles. The van der Waals surface area contributed by atoms with Gasteiger partial charge >= 0.3 is 11.9 Å². The molecule has 0 amide bonds. The van der Waals surface area contributed by atoms with Crippen molar-refractivity contribution < 1.29 is 28.6 Å². The Kier molecular flexibility index (Phi) is 6.42. The summed E-state index contributed by atoms with van der Waals surface area (Å²) in [6.07, 6.45) is -1.52. The quantitative estimate of drug-likeness (QED) is 0.174. The molecule has 10 heteroatoms. The Balaban J connectivity index is 2.14. The highest BCUT2D eigenvalue weighted by molar-refractivity contribution is 14.1. The Bertz CT molecular complexity index is 1080. The van der Waals surface area contributed by atoms with E-state index in [1.54, 1.807) is 32.2 Å². The smallest absolute Gasteiger partial charge is 0.356 e. The first-order valence-corrected chi connectivity index (χ1v) is 11.5. The molecule has 0 radical (unpaired) electrons. The van der Waals surface area contributed by atoms with Gasteiger partial charge in [-0.25, -0.2) is 9.59 Å². The molecule has 0 saturated heterocycles. The van der Waals surface area contributed by atoms with Gasteiger partial charge in [-0.15, -0.1) is 22.7 Å². The normalized spacial score (nSPS) is 12.8. The van der Waals surface area contributed by atoms with Crippen molar-refractivity contribution in [3.63, 3.8) is 0 Å². The van der Waals surface area contributed by atoms with Crippen molar-refractivity contribution >= 4 is 82.7 Å². The molecule has 1 aliphatic carbocycles. The van der Waals surface area contributed by atoms with Crippen molar-refractivity contribution in [2.75, 3.05) is 7.11 Å². The van der Waals surface area contributed by atoms with Crippen molar-refractivity contribution in [3.05, 3.63) is 27.4 Å². The minimum atomic E-state index is -1.52. The SMILES string of the molecule is COC(=O)c1sc2cc3cc(Cl)csc-3c2c1OC(C(=O)I)C(=O)OC(C)(C)C. The molecule has 3 rings (SSSR count). The van der Waals surface area contributed by atoms with E-state index >= 15 is 0 Å². The molecular weight excluding hydrogens is 551 g/mol. The van der Waals surface area contributed by atoms with Crippen molar-refractivity contribution in [2.24, 2.45) is 0 Å². The lowest BCUT2D eigenvalue weighted by molar-refractivity contribution is -0.164. The van der Waals surface area contributed by atoms with Crippen molar-refractivity contribution in [3.8, 4) is 16.2 Å². The van der Waals surface area contributed by atoms with E-state index in [-0.39, 0.29) is 10.6 Å². The summed E-state index contributed by atoms with van der Waals surface area (Å²) in [6.45, 7) is 5.08. The number of carbonyl (C=O) groups is 3. The molecule has 0 spiro atoms. The third kappa shape index (κ3) is 4.68. The second-order valence-electron chi connectivity index (χ2n) is 7.02. The molecule has 2 aliphatic rings. The summed E-state index contributed by atoms with van der Waals surface area (Å²) in [7, 11) is 1.26. The maximum atomic E-state index is 12.6. The van der Waals surface area contributed by atoms with Crippen LogP contribution in [0, 0.1) is 0 Å². The van der Waals surface area contributed by atoms with Crippen molar-refractivity contribution in [1.29, 1.82) is 0 Å². The van der Waals surface area contributed by atoms with Gasteiger partial charge in [-0.05, 0) is 38.5 Å². The van der Waals surface area contributed by atoms with Gasteiger partial charge in [-0.1, -0.05) is 11.6 Å². The largest absolute Gasteiger partial charge is 0.467 e. The van der Waals surface area contributed by atoms with Crippen LogP contribution in [0.4, 0.5) is 0 Å². The number of carbonyl (C=O) groups excluding carboxylic acids is 3. The second kappa shape index (κ2) is 8.37. The zero-order valence-corrected chi connectivity index (χ0v) is 20.4. The molecule has 1 unspecified atom stereocenters. The molecule has 1 aromatic heterocycles. The van der Waals surface area contributed by atoms with E-state index in [0.29, 0.717) is 10.4 Å². The lowest BCUT2D eigenvalue weighted by Gasteiger charge is -2.23. The molecule has 0 bridgehead atoms. The molecule has 29 heavy (non-hydrogen) atoms. The number of hydrogen-bond acceptors (Lipinski definition) is 8. The van der Waals surface area contributed by atoms with E-state index < -0.39 is 27.4 Å². The summed E-state index contributed by atoms with van der Waals surface area (Å²) in [5.74, 6) is -1.31. The number of halogens is 2. The van der Waals surface area contributed by atoms with Crippen LogP contribution in [0.1, 0.15) is 30.4 Å². The Morgan fingerprint density at radius 3 is 2.48 bits per heavy atom. The van der Waals surface area contributed by atoms with Crippen LogP contribution < -0.4 is 4.74 Å². The molecule has 1 atom stereocenters. The summed E-state index contributed by atoms with van der Waals surface area (Å²) in [5, 5.41) is 2.99. The highest BCUT2D eigenvalue weighted by atomic mass is 127.